The van der Waals surface area contributed by atoms with Gasteiger partial charge in [0.2, 0.25) is 5.91 Å². The molecule has 5 nitrogen and oxygen atoms in total. The van der Waals surface area contributed by atoms with Crippen LogP contribution in [0.15, 0.2) is 35.4 Å². The van der Waals surface area contributed by atoms with Crippen molar-refractivity contribution in [1.82, 2.24) is 9.91 Å². The highest BCUT2D eigenvalue weighted by atomic mass is 16.2. The number of carbonyl (C=O) groups excluding carboxylic acids is 2. The van der Waals surface area contributed by atoms with Gasteiger partial charge in [0.25, 0.3) is 5.91 Å². The summed E-state index contributed by atoms with van der Waals surface area (Å²) < 4.78 is 0. The van der Waals surface area contributed by atoms with Gasteiger partial charge in [-0.1, -0.05) is 49.6 Å². The largest absolute Gasteiger partial charge is 0.334 e. The average Bonchev–Trinajstić information content (AvgIpc) is 3.14. The number of likely N-dealkylation sites (tertiary alicyclic amines) is 1. The number of amides is 2. The molecule has 5 heteroatoms. The van der Waals surface area contributed by atoms with E-state index >= 15 is 0 Å². The highest BCUT2D eigenvalue weighted by molar-refractivity contribution is 6.42. The normalized spacial score (nSPS) is 27.4. The Kier molecular flexibility index (Phi) is 3.87. The number of hydrogen-bond donors (Lipinski definition) is 0. The standard InChI is InChI=1S/C19H23N3O2/c1-13(23)22-18(14-8-4-2-5-9-14)16-12-21(19(24)17(16)20-22)15-10-6-3-7-11-15/h2,4-5,8-9,15-16,18H,3,6-7,10-12H2,1H3/t16-,18-/m0/s1. The van der Waals surface area contributed by atoms with Crippen LogP contribution in [-0.4, -0.2) is 40.0 Å². The fourth-order valence-corrected chi connectivity index (χ4v) is 4.40. The first-order chi connectivity index (χ1) is 11.7. The number of nitrogens with zero attached hydrogens (tertiary/aromatic N) is 3. The van der Waals surface area contributed by atoms with E-state index in [9.17, 15) is 9.59 Å². The van der Waals surface area contributed by atoms with Crippen molar-refractivity contribution in [3.63, 3.8) is 0 Å². The lowest BCUT2D eigenvalue weighted by Gasteiger charge is -2.32. The third-order valence-corrected chi connectivity index (χ3v) is 5.56. The smallest absolute Gasteiger partial charge is 0.270 e. The lowest BCUT2D eigenvalue weighted by atomic mass is 9.91. The minimum atomic E-state index is -0.156. The zero-order valence-electron chi connectivity index (χ0n) is 14.0. The Labute approximate surface area is 142 Å². The molecule has 3 aliphatic rings. The second-order valence-electron chi connectivity index (χ2n) is 7.06. The molecule has 0 N–H and O–H groups in total. The van der Waals surface area contributed by atoms with Gasteiger partial charge in [0, 0.05) is 19.5 Å². The van der Waals surface area contributed by atoms with Crippen LogP contribution < -0.4 is 0 Å². The third-order valence-electron chi connectivity index (χ3n) is 5.56. The quantitative estimate of drug-likeness (QED) is 0.839. The monoisotopic (exact) mass is 325 g/mol. The minimum Gasteiger partial charge on any atom is -0.334 e. The highest BCUT2D eigenvalue weighted by Crippen LogP contribution is 2.41. The van der Waals surface area contributed by atoms with Crippen molar-refractivity contribution < 1.29 is 9.59 Å². The Morgan fingerprint density at radius 3 is 2.50 bits per heavy atom. The highest BCUT2D eigenvalue weighted by Gasteiger charge is 2.51. The number of benzene rings is 1. The molecule has 1 aromatic carbocycles. The fourth-order valence-electron chi connectivity index (χ4n) is 4.40. The van der Waals surface area contributed by atoms with Crippen LogP contribution in [0.2, 0.25) is 0 Å². The van der Waals surface area contributed by atoms with E-state index in [1.165, 1.54) is 31.2 Å². The zero-order valence-corrected chi connectivity index (χ0v) is 14.0. The minimum absolute atomic E-state index is 0.00859. The molecule has 2 amide bonds. The maximum Gasteiger partial charge on any atom is 0.270 e. The lowest BCUT2D eigenvalue weighted by molar-refractivity contribution is -0.131. The second kappa shape index (κ2) is 6.04. The molecular formula is C19H23N3O2. The van der Waals surface area contributed by atoms with Gasteiger partial charge in [0.05, 0.1) is 12.0 Å². The summed E-state index contributed by atoms with van der Waals surface area (Å²) in [7, 11) is 0. The van der Waals surface area contributed by atoms with E-state index in [1.807, 2.05) is 35.2 Å². The Hall–Kier alpha value is -2.17. The van der Waals surface area contributed by atoms with Crippen LogP contribution in [0, 0.1) is 5.92 Å². The molecule has 0 spiro atoms. The summed E-state index contributed by atoms with van der Waals surface area (Å²) >= 11 is 0. The Morgan fingerprint density at radius 1 is 1.12 bits per heavy atom. The molecule has 4 rings (SSSR count). The van der Waals surface area contributed by atoms with Crippen LogP contribution in [0.25, 0.3) is 0 Å². The van der Waals surface area contributed by atoms with Crippen molar-refractivity contribution in [3.05, 3.63) is 35.9 Å². The summed E-state index contributed by atoms with van der Waals surface area (Å²) in [5.74, 6) is -0.0786. The number of rotatable bonds is 2. The van der Waals surface area contributed by atoms with Gasteiger partial charge >= 0.3 is 0 Å². The first-order valence-electron chi connectivity index (χ1n) is 8.91. The van der Waals surface area contributed by atoms with E-state index < -0.39 is 0 Å². The summed E-state index contributed by atoms with van der Waals surface area (Å²) in [4.78, 5) is 27.0. The summed E-state index contributed by atoms with van der Waals surface area (Å²) in [5.41, 5.74) is 1.62. The number of fused-ring (bicyclic) bond motifs is 1. The van der Waals surface area contributed by atoms with E-state index in [4.69, 9.17) is 0 Å². The van der Waals surface area contributed by atoms with Gasteiger partial charge in [0.1, 0.15) is 5.71 Å². The molecular weight excluding hydrogens is 302 g/mol. The molecule has 0 unspecified atom stereocenters. The van der Waals surface area contributed by atoms with Crippen LogP contribution >= 0.6 is 0 Å². The lowest BCUT2D eigenvalue weighted by Crippen LogP contribution is -2.40. The summed E-state index contributed by atoms with van der Waals surface area (Å²) in [6.07, 6.45) is 5.87. The summed E-state index contributed by atoms with van der Waals surface area (Å²) in [5, 5.41) is 5.95. The molecule has 1 aliphatic carbocycles. The third kappa shape index (κ3) is 2.43. The molecule has 0 radical (unpaired) electrons. The maximum absolute atomic E-state index is 12.9. The topological polar surface area (TPSA) is 53.0 Å². The number of hydrogen-bond acceptors (Lipinski definition) is 3. The van der Waals surface area contributed by atoms with Crippen molar-refractivity contribution >= 4 is 17.5 Å². The molecule has 2 atom stereocenters. The molecule has 2 aliphatic heterocycles. The van der Waals surface area contributed by atoms with E-state index in [-0.39, 0.29) is 23.8 Å². The SMILES string of the molecule is CC(=O)N1N=C2C(=O)N(C3CCCCC3)C[C@@H]2[C@@H]1c1ccccc1. The first-order valence-corrected chi connectivity index (χ1v) is 8.91. The molecule has 2 heterocycles. The van der Waals surface area contributed by atoms with Crippen molar-refractivity contribution in [1.29, 1.82) is 0 Å². The Morgan fingerprint density at radius 2 is 1.83 bits per heavy atom. The number of carbonyl (C=O) groups is 2. The average molecular weight is 325 g/mol. The van der Waals surface area contributed by atoms with Gasteiger partial charge in [-0.05, 0) is 18.4 Å². The van der Waals surface area contributed by atoms with Crippen LogP contribution in [0.4, 0.5) is 0 Å². The van der Waals surface area contributed by atoms with Crippen molar-refractivity contribution in [2.45, 2.75) is 51.1 Å². The van der Waals surface area contributed by atoms with E-state index in [0.717, 1.165) is 18.4 Å². The predicted octanol–water partition coefficient (Wildman–Crippen LogP) is 2.74. The van der Waals surface area contributed by atoms with Crippen molar-refractivity contribution in [2.24, 2.45) is 11.0 Å². The maximum atomic E-state index is 12.9. The van der Waals surface area contributed by atoms with Gasteiger partial charge in [-0.15, -0.1) is 0 Å². The van der Waals surface area contributed by atoms with E-state index in [2.05, 4.69) is 5.10 Å². The van der Waals surface area contributed by atoms with Crippen LogP contribution in [0.5, 0.6) is 0 Å². The zero-order chi connectivity index (χ0) is 16.7. The summed E-state index contributed by atoms with van der Waals surface area (Å²) in [6, 6.07) is 10.1. The van der Waals surface area contributed by atoms with Gasteiger partial charge in [-0.2, -0.15) is 5.10 Å². The van der Waals surface area contributed by atoms with Crippen molar-refractivity contribution in [3.8, 4) is 0 Å². The molecule has 0 bridgehead atoms. The fraction of sp³-hybridized carbons (Fsp3) is 0.526. The van der Waals surface area contributed by atoms with Gasteiger partial charge < -0.3 is 4.90 Å². The molecule has 2 fully saturated rings. The first kappa shape index (κ1) is 15.4. The second-order valence-corrected chi connectivity index (χ2v) is 7.06. The molecule has 126 valence electrons. The van der Waals surface area contributed by atoms with Crippen LogP contribution in [-0.2, 0) is 9.59 Å². The Balaban J connectivity index is 1.65. The van der Waals surface area contributed by atoms with Crippen LogP contribution in [0.1, 0.15) is 50.6 Å². The van der Waals surface area contributed by atoms with E-state index in [0.29, 0.717) is 18.3 Å². The number of hydrazone groups is 1. The van der Waals surface area contributed by atoms with E-state index in [1.54, 1.807) is 0 Å². The summed E-state index contributed by atoms with van der Waals surface area (Å²) in [6.45, 7) is 2.20. The van der Waals surface area contributed by atoms with Gasteiger partial charge in [0.15, 0.2) is 0 Å². The molecule has 1 saturated carbocycles. The van der Waals surface area contributed by atoms with Gasteiger partial charge in [-0.3, -0.25) is 9.59 Å². The van der Waals surface area contributed by atoms with Crippen LogP contribution in [0.3, 0.4) is 0 Å². The Bertz CT molecular complexity index is 679. The van der Waals surface area contributed by atoms with Gasteiger partial charge in [-0.25, -0.2) is 5.01 Å². The molecule has 0 aromatic heterocycles. The molecule has 1 aromatic rings. The molecule has 24 heavy (non-hydrogen) atoms. The molecule has 1 saturated heterocycles. The predicted molar refractivity (Wildman–Crippen MR) is 91.2 cm³/mol. The van der Waals surface area contributed by atoms with Crippen molar-refractivity contribution in [2.75, 3.05) is 6.54 Å².